The van der Waals surface area contributed by atoms with Crippen LogP contribution < -0.4 is 11.1 Å². The van der Waals surface area contributed by atoms with E-state index in [4.69, 9.17) is 5.73 Å². The van der Waals surface area contributed by atoms with E-state index in [1.807, 2.05) is 12.5 Å². The lowest BCUT2D eigenvalue weighted by atomic mass is 10.0. The van der Waals surface area contributed by atoms with Crippen molar-refractivity contribution in [2.75, 3.05) is 13.1 Å². The van der Waals surface area contributed by atoms with E-state index in [2.05, 4.69) is 21.1 Å². The number of nitrogens with zero attached hydrogens (tertiary/aromatic N) is 3. The van der Waals surface area contributed by atoms with Gasteiger partial charge in [-0.1, -0.05) is 0 Å². The molecular weight excluding hydrogens is 254 g/mol. The van der Waals surface area contributed by atoms with Crippen molar-refractivity contribution in [2.45, 2.75) is 50.2 Å². The second-order valence-corrected chi connectivity index (χ2v) is 5.88. The molecule has 6 heteroatoms. The fourth-order valence-corrected chi connectivity index (χ4v) is 3.53. The van der Waals surface area contributed by atoms with Gasteiger partial charge in [-0.25, -0.2) is 9.78 Å². The van der Waals surface area contributed by atoms with E-state index < -0.39 is 0 Å². The maximum atomic E-state index is 11.1. The molecule has 1 saturated heterocycles. The Labute approximate surface area is 119 Å². The molecule has 0 bridgehead atoms. The molecule has 2 amide bonds. The van der Waals surface area contributed by atoms with Crippen LogP contribution in [0.3, 0.4) is 0 Å². The van der Waals surface area contributed by atoms with Crippen molar-refractivity contribution >= 4 is 6.03 Å². The minimum absolute atomic E-state index is 0.291. The number of carbonyl (C=O) groups is 1. The number of piperidine rings is 1. The van der Waals surface area contributed by atoms with Gasteiger partial charge in [0.1, 0.15) is 0 Å². The van der Waals surface area contributed by atoms with E-state index >= 15 is 0 Å². The topological polar surface area (TPSA) is 76.2 Å². The molecule has 110 valence electrons. The minimum Gasteiger partial charge on any atom is -0.351 e. The lowest BCUT2D eigenvalue weighted by Crippen LogP contribution is -2.49. The Morgan fingerprint density at radius 2 is 2.05 bits per heavy atom. The van der Waals surface area contributed by atoms with Gasteiger partial charge in [0.05, 0.1) is 6.33 Å². The lowest BCUT2D eigenvalue weighted by Gasteiger charge is -2.34. The van der Waals surface area contributed by atoms with Crippen LogP contribution in [0.25, 0.3) is 0 Å². The van der Waals surface area contributed by atoms with Crippen molar-refractivity contribution < 1.29 is 4.79 Å². The minimum atomic E-state index is -0.291. The Balaban J connectivity index is 1.54. The summed E-state index contributed by atoms with van der Waals surface area (Å²) in [4.78, 5) is 17.0. The molecule has 6 nitrogen and oxygen atoms in total. The zero-order valence-electron chi connectivity index (χ0n) is 11.7. The summed E-state index contributed by atoms with van der Waals surface area (Å²) >= 11 is 0. The lowest BCUT2D eigenvalue weighted by molar-refractivity contribution is 0.180. The van der Waals surface area contributed by atoms with Gasteiger partial charge in [-0.2, -0.15) is 0 Å². The number of carbonyl (C=O) groups excluding carboxylic acids is 1. The fourth-order valence-electron chi connectivity index (χ4n) is 3.53. The first kappa shape index (κ1) is 13.4. The average Bonchev–Trinajstić information content (AvgIpc) is 3.09. The number of primary amides is 1. The van der Waals surface area contributed by atoms with Gasteiger partial charge in [0, 0.05) is 43.6 Å². The molecule has 1 aliphatic carbocycles. The van der Waals surface area contributed by atoms with Crippen LogP contribution in [0.5, 0.6) is 0 Å². The molecule has 1 aliphatic heterocycles. The van der Waals surface area contributed by atoms with Crippen LogP contribution in [0.4, 0.5) is 4.79 Å². The first-order valence-corrected chi connectivity index (χ1v) is 7.52. The summed E-state index contributed by atoms with van der Waals surface area (Å²) in [5, 5.41) is 3.79. The molecule has 20 heavy (non-hydrogen) atoms. The zero-order chi connectivity index (χ0) is 13.9. The summed E-state index contributed by atoms with van der Waals surface area (Å²) in [7, 11) is 0. The van der Waals surface area contributed by atoms with Gasteiger partial charge < -0.3 is 20.5 Å². The Kier molecular flexibility index (Phi) is 3.91. The SMILES string of the molecule is NC(=O)N1CCC(NC2CCCC2n2ccnc2)CC1. The number of rotatable bonds is 3. The third-order valence-electron chi connectivity index (χ3n) is 4.64. The zero-order valence-corrected chi connectivity index (χ0v) is 11.7. The van der Waals surface area contributed by atoms with Crippen LogP contribution in [0.1, 0.15) is 38.1 Å². The molecular formula is C14H23N5O. The Morgan fingerprint density at radius 1 is 1.25 bits per heavy atom. The number of nitrogens with two attached hydrogens (primary N) is 1. The quantitative estimate of drug-likeness (QED) is 0.869. The van der Waals surface area contributed by atoms with E-state index in [9.17, 15) is 4.79 Å². The molecule has 2 heterocycles. The summed E-state index contributed by atoms with van der Waals surface area (Å²) in [5.74, 6) is 0. The van der Waals surface area contributed by atoms with Crippen LogP contribution in [-0.4, -0.2) is 45.7 Å². The van der Waals surface area contributed by atoms with Crippen LogP contribution in [0.15, 0.2) is 18.7 Å². The first-order valence-electron chi connectivity index (χ1n) is 7.52. The number of imidazole rings is 1. The Hall–Kier alpha value is -1.56. The fraction of sp³-hybridized carbons (Fsp3) is 0.714. The number of likely N-dealkylation sites (tertiary alicyclic amines) is 1. The third kappa shape index (κ3) is 2.80. The number of aromatic nitrogens is 2. The summed E-state index contributed by atoms with van der Waals surface area (Å²) in [5.41, 5.74) is 5.32. The smallest absolute Gasteiger partial charge is 0.314 e. The van der Waals surface area contributed by atoms with Crippen molar-refractivity contribution in [3.8, 4) is 0 Å². The monoisotopic (exact) mass is 277 g/mol. The normalized spacial score (nSPS) is 27.9. The summed E-state index contributed by atoms with van der Waals surface area (Å²) in [6.07, 6.45) is 11.5. The number of amides is 2. The van der Waals surface area contributed by atoms with Crippen LogP contribution in [0.2, 0.25) is 0 Å². The number of hydrogen-bond acceptors (Lipinski definition) is 3. The molecule has 0 aromatic carbocycles. The predicted molar refractivity (Wildman–Crippen MR) is 76.2 cm³/mol. The molecule has 2 fully saturated rings. The van der Waals surface area contributed by atoms with E-state index in [1.165, 1.54) is 19.3 Å². The van der Waals surface area contributed by atoms with Crippen LogP contribution in [-0.2, 0) is 0 Å². The van der Waals surface area contributed by atoms with Gasteiger partial charge in [0.15, 0.2) is 0 Å². The van der Waals surface area contributed by atoms with Gasteiger partial charge in [-0.3, -0.25) is 0 Å². The van der Waals surface area contributed by atoms with Crippen LogP contribution in [0, 0.1) is 0 Å². The van der Waals surface area contributed by atoms with Crippen molar-refractivity contribution in [1.29, 1.82) is 0 Å². The van der Waals surface area contributed by atoms with Gasteiger partial charge in [0.2, 0.25) is 0 Å². The molecule has 1 saturated carbocycles. The third-order valence-corrected chi connectivity index (χ3v) is 4.64. The van der Waals surface area contributed by atoms with E-state index in [-0.39, 0.29) is 6.03 Å². The summed E-state index contributed by atoms with van der Waals surface area (Å²) < 4.78 is 2.23. The van der Waals surface area contributed by atoms with E-state index in [0.29, 0.717) is 18.1 Å². The molecule has 1 aromatic rings. The number of nitrogens with one attached hydrogen (secondary N) is 1. The van der Waals surface area contributed by atoms with Gasteiger partial charge in [-0.05, 0) is 32.1 Å². The highest BCUT2D eigenvalue weighted by Gasteiger charge is 2.31. The molecule has 3 rings (SSSR count). The Morgan fingerprint density at radius 3 is 2.70 bits per heavy atom. The standard InChI is InChI=1S/C14H23N5O/c15-14(20)18-7-4-11(5-8-18)17-12-2-1-3-13(12)19-9-6-16-10-19/h6,9-13,17H,1-5,7-8H2,(H2,15,20). The van der Waals surface area contributed by atoms with E-state index in [0.717, 1.165) is 25.9 Å². The largest absolute Gasteiger partial charge is 0.351 e. The van der Waals surface area contributed by atoms with Crippen molar-refractivity contribution in [3.63, 3.8) is 0 Å². The number of urea groups is 1. The summed E-state index contributed by atoms with van der Waals surface area (Å²) in [6.45, 7) is 1.55. The second-order valence-electron chi connectivity index (χ2n) is 5.88. The van der Waals surface area contributed by atoms with Gasteiger partial charge >= 0.3 is 6.03 Å². The Bertz CT molecular complexity index is 438. The first-order chi connectivity index (χ1) is 9.74. The van der Waals surface area contributed by atoms with E-state index in [1.54, 1.807) is 4.90 Å². The van der Waals surface area contributed by atoms with Crippen LogP contribution >= 0.6 is 0 Å². The highest BCUT2D eigenvalue weighted by molar-refractivity contribution is 5.72. The molecule has 1 aromatic heterocycles. The van der Waals surface area contributed by atoms with Gasteiger partial charge in [-0.15, -0.1) is 0 Å². The summed E-state index contributed by atoms with van der Waals surface area (Å²) in [6, 6.07) is 1.25. The average molecular weight is 277 g/mol. The van der Waals surface area contributed by atoms with Crippen molar-refractivity contribution in [2.24, 2.45) is 5.73 Å². The molecule has 2 aliphatic rings. The predicted octanol–water partition coefficient (Wildman–Crippen LogP) is 1.11. The van der Waals surface area contributed by atoms with Crippen molar-refractivity contribution in [1.82, 2.24) is 19.8 Å². The number of hydrogen-bond donors (Lipinski definition) is 2. The van der Waals surface area contributed by atoms with Gasteiger partial charge in [0.25, 0.3) is 0 Å². The molecule has 3 N–H and O–H groups in total. The maximum Gasteiger partial charge on any atom is 0.314 e. The molecule has 2 atom stereocenters. The highest BCUT2D eigenvalue weighted by Crippen LogP contribution is 2.30. The molecule has 2 unspecified atom stereocenters. The highest BCUT2D eigenvalue weighted by atomic mass is 16.2. The molecule has 0 radical (unpaired) electrons. The second kappa shape index (κ2) is 5.83. The molecule has 0 spiro atoms. The maximum absolute atomic E-state index is 11.1. The van der Waals surface area contributed by atoms with Crippen molar-refractivity contribution in [3.05, 3.63) is 18.7 Å².